The highest BCUT2D eigenvalue weighted by atomic mass is 14.9. The molecule has 0 unspecified atom stereocenters. The van der Waals surface area contributed by atoms with Crippen LogP contribution in [0.1, 0.15) is 31.7 Å². The second-order valence-electron chi connectivity index (χ2n) is 4.54. The van der Waals surface area contributed by atoms with Gasteiger partial charge < -0.3 is 5.32 Å². The third-order valence-electron chi connectivity index (χ3n) is 3.60. The average molecular weight is 203 g/mol. The normalized spacial score (nSPS) is 25.7. The van der Waals surface area contributed by atoms with Crippen LogP contribution in [0.15, 0.2) is 30.3 Å². The molecule has 1 aliphatic heterocycles. The maximum atomic E-state index is 3.63. The van der Waals surface area contributed by atoms with E-state index < -0.39 is 0 Å². The summed E-state index contributed by atoms with van der Waals surface area (Å²) in [6, 6.07) is 11.6. The summed E-state index contributed by atoms with van der Waals surface area (Å²) >= 11 is 0. The van der Waals surface area contributed by atoms with E-state index >= 15 is 0 Å². The molecule has 82 valence electrons. The molecule has 1 heteroatoms. The van der Waals surface area contributed by atoms with E-state index in [-0.39, 0.29) is 0 Å². The predicted molar refractivity (Wildman–Crippen MR) is 65.0 cm³/mol. The zero-order valence-corrected chi connectivity index (χ0v) is 9.58. The summed E-state index contributed by atoms with van der Waals surface area (Å²) in [4.78, 5) is 0. The highest BCUT2D eigenvalue weighted by Crippen LogP contribution is 2.22. The van der Waals surface area contributed by atoms with Crippen molar-refractivity contribution in [3.8, 4) is 0 Å². The molecule has 1 aliphatic rings. The van der Waals surface area contributed by atoms with Crippen LogP contribution in [0.4, 0.5) is 0 Å². The molecule has 1 aromatic rings. The van der Waals surface area contributed by atoms with Crippen molar-refractivity contribution in [1.29, 1.82) is 0 Å². The fourth-order valence-electron chi connectivity index (χ4n) is 2.62. The Kier molecular flexibility index (Phi) is 3.79. The lowest BCUT2D eigenvalue weighted by Crippen LogP contribution is -2.27. The quantitative estimate of drug-likeness (QED) is 0.793. The monoisotopic (exact) mass is 203 g/mol. The molecule has 1 aromatic carbocycles. The van der Waals surface area contributed by atoms with E-state index in [0.717, 1.165) is 12.0 Å². The zero-order chi connectivity index (χ0) is 10.5. The average Bonchev–Trinajstić information content (AvgIpc) is 2.75. The molecule has 1 saturated heterocycles. The second-order valence-corrected chi connectivity index (χ2v) is 4.54. The van der Waals surface area contributed by atoms with Crippen LogP contribution in [0.5, 0.6) is 0 Å². The minimum absolute atomic E-state index is 0.759. The third kappa shape index (κ3) is 2.82. The summed E-state index contributed by atoms with van der Waals surface area (Å²) in [5, 5.41) is 3.63. The Morgan fingerprint density at radius 2 is 2.07 bits per heavy atom. The van der Waals surface area contributed by atoms with Crippen molar-refractivity contribution in [3.63, 3.8) is 0 Å². The van der Waals surface area contributed by atoms with Gasteiger partial charge in [0.25, 0.3) is 0 Å². The van der Waals surface area contributed by atoms with E-state index in [1.165, 1.54) is 37.8 Å². The van der Waals surface area contributed by atoms with E-state index in [0.29, 0.717) is 0 Å². The number of rotatable bonds is 4. The Morgan fingerprint density at radius 3 is 2.80 bits per heavy atom. The van der Waals surface area contributed by atoms with Crippen molar-refractivity contribution in [1.82, 2.24) is 5.32 Å². The van der Waals surface area contributed by atoms with Crippen molar-refractivity contribution < 1.29 is 0 Å². The lowest BCUT2D eigenvalue weighted by atomic mass is 9.93. The molecular weight excluding hydrogens is 182 g/mol. The Balaban J connectivity index is 1.83. The highest BCUT2D eigenvalue weighted by Gasteiger charge is 2.24. The van der Waals surface area contributed by atoms with Gasteiger partial charge in [0.15, 0.2) is 0 Å². The molecule has 1 N–H and O–H groups in total. The molecule has 0 aliphatic carbocycles. The van der Waals surface area contributed by atoms with Crippen LogP contribution in [0, 0.1) is 5.92 Å². The summed E-state index contributed by atoms with van der Waals surface area (Å²) < 4.78 is 0. The standard InChI is InChI=1S/C14H21N/c1-2-13-10-11-15-14(13)9-8-12-6-4-3-5-7-12/h3-7,13-15H,2,8-11H2,1H3/t13-,14-/m1/s1. The van der Waals surface area contributed by atoms with Gasteiger partial charge in [0.1, 0.15) is 0 Å². The lowest BCUT2D eigenvalue weighted by Gasteiger charge is -2.17. The van der Waals surface area contributed by atoms with Gasteiger partial charge in [-0.3, -0.25) is 0 Å². The van der Waals surface area contributed by atoms with Gasteiger partial charge in [-0.1, -0.05) is 43.7 Å². The largest absolute Gasteiger partial charge is 0.314 e. The summed E-state index contributed by atoms with van der Waals surface area (Å²) in [5.74, 6) is 0.911. The first-order valence-electron chi connectivity index (χ1n) is 6.17. The topological polar surface area (TPSA) is 12.0 Å². The number of hydrogen-bond acceptors (Lipinski definition) is 1. The van der Waals surface area contributed by atoms with E-state index in [2.05, 4.69) is 42.6 Å². The van der Waals surface area contributed by atoms with E-state index in [4.69, 9.17) is 0 Å². The molecule has 1 nitrogen and oxygen atoms in total. The molecule has 2 rings (SSSR count). The molecule has 0 spiro atoms. The van der Waals surface area contributed by atoms with E-state index in [1.54, 1.807) is 0 Å². The third-order valence-corrected chi connectivity index (χ3v) is 3.60. The summed E-state index contributed by atoms with van der Waals surface area (Å²) in [5.41, 5.74) is 1.47. The first-order chi connectivity index (χ1) is 7.40. The first kappa shape index (κ1) is 10.7. The minimum atomic E-state index is 0.759. The fraction of sp³-hybridized carbons (Fsp3) is 0.571. The zero-order valence-electron chi connectivity index (χ0n) is 9.58. The van der Waals surface area contributed by atoms with Gasteiger partial charge in [0.2, 0.25) is 0 Å². The maximum absolute atomic E-state index is 3.63. The Morgan fingerprint density at radius 1 is 1.27 bits per heavy atom. The SMILES string of the molecule is CC[C@@H]1CCN[C@@H]1CCc1ccccc1. The molecule has 0 amide bonds. The van der Waals surface area contributed by atoms with Crippen molar-refractivity contribution in [2.75, 3.05) is 6.54 Å². The molecule has 2 atom stereocenters. The van der Waals surface area contributed by atoms with Crippen molar-refractivity contribution >= 4 is 0 Å². The van der Waals surface area contributed by atoms with Gasteiger partial charge >= 0.3 is 0 Å². The van der Waals surface area contributed by atoms with E-state index in [9.17, 15) is 0 Å². The number of hydrogen-bond donors (Lipinski definition) is 1. The molecule has 0 saturated carbocycles. The van der Waals surface area contributed by atoms with Crippen LogP contribution in [0.2, 0.25) is 0 Å². The van der Waals surface area contributed by atoms with Crippen LogP contribution >= 0.6 is 0 Å². The molecule has 0 aromatic heterocycles. The van der Waals surface area contributed by atoms with Crippen LogP contribution in [0.25, 0.3) is 0 Å². The van der Waals surface area contributed by atoms with Crippen LogP contribution in [-0.2, 0) is 6.42 Å². The van der Waals surface area contributed by atoms with Crippen molar-refractivity contribution in [2.24, 2.45) is 5.92 Å². The van der Waals surface area contributed by atoms with Gasteiger partial charge in [0.05, 0.1) is 0 Å². The Bertz CT molecular complexity index is 281. The smallest absolute Gasteiger partial charge is 0.00988 e. The van der Waals surface area contributed by atoms with Crippen molar-refractivity contribution in [2.45, 2.75) is 38.6 Å². The lowest BCUT2D eigenvalue weighted by molar-refractivity contribution is 0.413. The molecular formula is C14H21N. The Hall–Kier alpha value is -0.820. The van der Waals surface area contributed by atoms with Gasteiger partial charge in [-0.15, -0.1) is 0 Å². The predicted octanol–water partition coefficient (Wildman–Crippen LogP) is 3.01. The van der Waals surface area contributed by atoms with Crippen molar-refractivity contribution in [3.05, 3.63) is 35.9 Å². The first-order valence-corrected chi connectivity index (χ1v) is 6.17. The van der Waals surface area contributed by atoms with Gasteiger partial charge in [-0.05, 0) is 37.3 Å². The van der Waals surface area contributed by atoms with Crippen LogP contribution in [-0.4, -0.2) is 12.6 Å². The van der Waals surface area contributed by atoms with Gasteiger partial charge in [-0.2, -0.15) is 0 Å². The Labute approximate surface area is 92.9 Å². The molecule has 0 radical (unpaired) electrons. The highest BCUT2D eigenvalue weighted by molar-refractivity contribution is 5.14. The second kappa shape index (κ2) is 5.32. The number of nitrogens with one attached hydrogen (secondary N) is 1. The fourth-order valence-corrected chi connectivity index (χ4v) is 2.62. The number of aryl methyl sites for hydroxylation is 1. The van der Waals surface area contributed by atoms with Crippen LogP contribution in [0.3, 0.4) is 0 Å². The van der Waals surface area contributed by atoms with Gasteiger partial charge in [-0.25, -0.2) is 0 Å². The van der Waals surface area contributed by atoms with Crippen LogP contribution < -0.4 is 5.32 Å². The van der Waals surface area contributed by atoms with Gasteiger partial charge in [0, 0.05) is 6.04 Å². The molecule has 0 bridgehead atoms. The minimum Gasteiger partial charge on any atom is -0.314 e. The number of benzene rings is 1. The molecule has 1 heterocycles. The molecule has 1 fully saturated rings. The molecule has 15 heavy (non-hydrogen) atoms. The van der Waals surface area contributed by atoms with E-state index in [1.807, 2.05) is 0 Å². The summed E-state index contributed by atoms with van der Waals surface area (Å²) in [6.07, 6.45) is 5.21. The maximum Gasteiger partial charge on any atom is 0.00988 e. The summed E-state index contributed by atoms with van der Waals surface area (Å²) in [6.45, 7) is 3.53. The summed E-state index contributed by atoms with van der Waals surface area (Å²) in [7, 11) is 0.